The molecule has 3 rings (SSSR count). The average molecular weight is 547 g/mol. The van der Waals surface area contributed by atoms with Gasteiger partial charge in [0.05, 0.1) is 11.3 Å². The molecule has 0 unspecified atom stereocenters. The molecule has 3 heterocycles. The number of pyridine rings is 3. The monoisotopic (exact) mass is 546 g/mol. The Balaban J connectivity index is 1.98. The van der Waals surface area contributed by atoms with Crippen LogP contribution in [0.2, 0.25) is 0 Å². The van der Waals surface area contributed by atoms with Crippen LogP contribution >= 0.6 is 0 Å². The van der Waals surface area contributed by atoms with Crippen molar-refractivity contribution < 1.29 is 4.79 Å². The minimum Gasteiger partial charge on any atom is -0.367 e. The maximum atomic E-state index is 13.5. The van der Waals surface area contributed by atoms with Crippen molar-refractivity contribution >= 4 is 23.8 Å². The van der Waals surface area contributed by atoms with Crippen molar-refractivity contribution in [3.8, 4) is 11.3 Å². The number of H-pyrrole nitrogens is 1. The molecule has 3 aromatic rings. The van der Waals surface area contributed by atoms with E-state index in [0.29, 0.717) is 28.2 Å². The Morgan fingerprint density at radius 1 is 1.23 bits per heavy atom. The van der Waals surface area contributed by atoms with E-state index in [1.165, 1.54) is 0 Å². The van der Waals surface area contributed by atoms with Gasteiger partial charge in [-0.3, -0.25) is 9.59 Å². The summed E-state index contributed by atoms with van der Waals surface area (Å²) >= 11 is 0. The molecule has 0 aromatic carbocycles. The zero-order valence-electron chi connectivity index (χ0n) is 24.4. The Morgan fingerprint density at radius 2 is 2.00 bits per heavy atom. The molecule has 0 saturated carbocycles. The summed E-state index contributed by atoms with van der Waals surface area (Å²) in [5.41, 5.74) is 4.08. The third-order valence-electron chi connectivity index (χ3n) is 6.56. The van der Waals surface area contributed by atoms with Crippen molar-refractivity contribution in [2.45, 2.75) is 60.0 Å². The fourth-order valence-corrected chi connectivity index (χ4v) is 4.56. The minimum atomic E-state index is -0.384. The van der Waals surface area contributed by atoms with E-state index in [-0.39, 0.29) is 24.1 Å². The molecule has 10 heteroatoms. The van der Waals surface area contributed by atoms with Crippen molar-refractivity contribution in [2.75, 3.05) is 36.9 Å². The van der Waals surface area contributed by atoms with E-state index < -0.39 is 0 Å². The third-order valence-corrected chi connectivity index (χ3v) is 6.56. The standard InChI is InChI=1S/C30H42N8O2/c1-7-9-21-14-20(5)36-30(40)25(21)18-34-29(39)23-15-26(37-28(24(23)16-31)35-19(3)4)22-10-11-27(33-17-22)38(8-2)13-12-32-6/h10-11,14-17,19,31-32H,7-9,12-13,18H2,1-6H3,(H,34,39)(H,35,37)(H,36,40). The van der Waals surface area contributed by atoms with Crippen LogP contribution in [0, 0.1) is 12.3 Å². The number of amides is 1. The van der Waals surface area contributed by atoms with Gasteiger partial charge in [0.15, 0.2) is 0 Å². The largest absolute Gasteiger partial charge is 0.367 e. The van der Waals surface area contributed by atoms with Gasteiger partial charge in [0.25, 0.3) is 11.5 Å². The van der Waals surface area contributed by atoms with Crippen molar-refractivity contribution in [1.29, 1.82) is 5.41 Å². The number of anilines is 2. The Hall–Kier alpha value is -4.05. The average Bonchev–Trinajstić information content (AvgIpc) is 2.92. The molecular weight excluding hydrogens is 504 g/mol. The number of aryl methyl sites for hydroxylation is 2. The van der Waals surface area contributed by atoms with Crippen LogP contribution in [0.3, 0.4) is 0 Å². The number of nitrogens with zero attached hydrogens (tertiary/aromatic N) is 3. The van der Waals surface area contributed by atoms with E-state index in [9.17, 15) is 9.59 Å². The van der Waals surface area contributed by atoms with E-state index >= 15 is 0 Å². The molecule has 1 amide bonds. The van der Waals surface area contributed by atoms with Crippen LogP contribution in [0.4, 0.5) is 11.6 Å². The summed E-state index contributed by atoms with van der Waals surface area (Å²) < 4.78 is 0. The second-order valence-corrected chi connectivity index (χ2v) is 10.1. The molecule has 0 aliphatic carbocycles. The SMILES string of the molecule is CCCc1cc(C)[nH]c(=O)c1CNC(=O)c1cc(-c2ccc(N(CC)CCNC)nc2)nc(NC(C)C)c1C=N. The fraction of sp³-hybridized carbons (Fsp3) is 0.433. The maximum Gasteiger partial charge on any atom is 0.253 e. The first-order valence-electron chi connectivity index (χ1n) is 13.9. The lowest BCUT2D eigenvalue weighted by Crippen LogP contribution is -2.31. The van der Waals surface area contributed by atoms with Crippen molar-refractivity contribution in [2.24, 2.45) is 0 Å². The van der Waals surface area contributed by atoms with Gasteiger partial charge < -0.3 is 31.2 Å². The lowest BCUT2D eigenvalue weighted by molar-refractivity contribution is 0.0950. The molecule has 0 fully saturated rings. The highest BCUT2D eigenvalue weighted by atomic mass is 16.1. The highest BCUT2D eigenvalue weighted by Crippen LogP contribution is 2.26. The Morgan fingerprint density at radius 3 is 2.60 bits per heavy atom. The molecule has 5 N–H and O–H groups in total. The molecule has 10 nitrogen and oxygen atoms in total. The number of likely N-dealkylation sites (N-methyl/N-ethyl adjacent to an activating group) is 2. The van der Waals surface area contributed by atoms with Crippen LogP contribution in [0.25, 0.3) is 11.3 Å². The summed E-state index contributed by atoms with van der Waals surface area (Å²) in [6.45, 7) is 12.5. The molecule has 0 aliphatic heterocycles. The van der Waals surface area contributed by atoms with Crippen molar-refractivity contribution in [3.05, 3.63) is 68.8 Å². The summed E-state index contributed by atoms with van der Waals surface area (Å²) in [4.78, 5) is 40.7. The molecule has 3 aromatic heterocycles. The van der Waals surface area contributed by atoms with Crippen LogP contribution in [0.1, 0.15) is 66.9 Å². The van der Waals surface area contributed by atoms with E-state index in [2.05, 4.69) is 44.7 Å². The summed E-state index contributed by atoms with van der Waals surface area (Å²) in [7, 11) is 1.92. The lowest BCUT2D eigenvalue weighted by atomic mass is 10.0. The van der Waals surface area contributed by atoms with Crippen molar-refractivity contribution in [1.82, 2.24) is 25.6 Å². The first kappa shape index (κ1) is 30.5. The van der Waals surface area contributed by atoms with Gasteiger partial charge >= 0.3 is 0 Å². The number of carbonyl (C=O) groups excluding carboxylic acids is 1. The number of hydrogen-bond acceptors (Lipinski definition) is 8. The molecule has 0 aliphatic rings. The summed E-state index contributed by atoms with van der Waals surface area (Å²) in [6, 6.07) is 7.57. The van der Waals surface area contributed by atoms with Crippen molar-refractivity contribution in [3.63, 3.8) is 0 Å². The number of rotatable bonds is 14. The van der Waals surface area contributed by atoms with Gasteiger partial charge in [-0.05, 0) is 71.0 Å². The number of aromatic amines is 1. The molecular formula is C30H42N8O2. The summed E-state index contributed by atoms with van der Waals surface area (Å²) in [5.74, 6) is 0.924. The smallest absolute Gasteiger partial charge is 0.253 e. The fourth-order valence-electron chi connectivity index (χ4n) is 4.56. The first-order chi connectivity index (χ1) is 19.2. The van der Waals surface area contributed by atoms with Gasteiger partial charge in [-0.15, -0.1) is 0 Å². The van der Waals surface area contributed by atoms with E-state index in [1.807, 2.05) is 46.0 Å². The van der Waals surface area contributed by atoms with Crippen LogP contribution in [-0.2, 0) is 13.0 Å². The van der Waals surface area contributed by atoms with Crippen LogP contribution in [-0.4, -0.2) is 59.8 Å². The Bertz CT molecular complexity index is 1370. The predicted octanol–water partition coefficient (Wildman–Crippen LogP) is 3.89. The lowest BCUT2D eigenvalue weighted by Gasteiger charge is -2.22. The highest BCUT2D eigenvalue weighted by molar-refractivity contribution is 6.05. The Kier molecular flexibility index (Phi) is 11.0. The quantitative estimate of drug-likeness (QED) is 0.193. The van der Waals surface area contributed by atoms with E-state index in [1.54, 1.807) is 12.3 Å². The Labute approximate surface area is 236 Å². The minimum absolute atomic E-state index is 0.0332. The predicted molar refractivity (Wildman–Crippen MR) is 163 cm³/mol. The number of aromatic nitrogens is 3. The van der Waals surface area contributed by atoms with Crippen LogP contribution < -0.4 is 26.4 Å². The zero-order valence-corrected chi connectivity index (χ0v) is 24.4. The van der Waals surface area contributed by atoms with Gasteiger partial charge in [0.1, 0.15) is 11.6 Å². The molecule has 0 bridgehead atoms. The molecule has 0 spiro atoms. The topological polar surface area (TPSA) is 139 Å². The van der Waals surface area contributed by atoms with Gasteiger partial charge in [-0.1, -0.05) is 13.3 Å². The number of carbonyl (C=O) groups is 1. The van der Waals surface area contributed by atoms with Gasteiger partial charge in [-0.25, -0.2) is 9.97 Å². The van der Waals surface area contributed by atoms with E-state index in [0.717, 1.165) is 61.3 Å². The summed E-state index contributed by atoms with van der Waals surface area (Å²) in [5, 5.41) is 17.4. The number of nitrogens with one attached hydrogen (secondary N) is 5. The molecule has 40 heavy (non-hydrogen) atoms. The molecule has 0 radical (unpaired) electrons. The molecule has 0 saturated heterocycles. The first-order valence-corrected chi connectivity index (χ1v) is 13.9. The highest BCUT2D eigenvalue weighted by Gasteiger charge is 2.20. The summed E-state index contributed by atoms with van der Waals surface area (Å²) in [6.07, 6.45) is 4.53. The zero-order chi connectivity index (χ0) is 29.2. The second kappa shape index (κ2) is 14.4. The van der Waals surface area contributed by atoms with Gasteiger partial charge in [0.2, 0.25) is 0 Å². The van der Waals surface area contributed by atoms with Gasteiger partial charge in [0, 0.05) is 67.0 Å². The van der Waals surface area contributed by atoms with Crippen LogP contribution in [0.15, 0.2) is 35.3 Å². The number of hydrogen-bond donors (Lipinski definition) is 5. The third kappa shape index (κ3) is 7.53. The molecule has 0 atom stereocenters. The molecule has 214 valence electrons. The van der Waals surface area contributed by atoms with Gasteiger partial charge in [-0.2, -0.15) is 0 Å². The van der Waals surface area contributed by atoms with Crippen LogP contribution in [0.5, 0.6) is 0 Å². The normalized spacial score (nSPS) is 11.0. The maximum absolute atomic E-state index is 13.5. The van der Waals surface area contributed by atoms with E-state index in [4.69, 9.17) is 10.4 Å². The second-order valence-electron chi connectivity index (χ2n) is 10.1.